The Balaban J connectivity index is 2.95. The van der Waals surface area contributed by atoms with E-state index >= 15 is 0 Å². The van der Waals surface area contributed by atoms with Gasteiger partial charge in [-0.1, -0.05) is 23.2 Å². The van der Waals surface area contributed by atoms with Crippen molar-refractivity contribution in [3.05, 3.63) is 33.4 Å². The van der Waals surface area contributed by atoms with Crippen molar-refractivity contribution in [2.45, 2.75) is 13.5 Å². The Morgan fingerprint density at radius 3 is 2.60 bits per heavy atom. The minimum atomic E-state index is 0.505. The minimum absolute atomic E-state index is 0.505. The van der Waals surface area contributed by atoms with Gasteiger partial charge >= 0.3 is 0 Å². The van der Waals surface area contributed by atoms with Crippen molar-refractivity contribution < 1.29 is 0 Å². The molecular weight excluding hydrogens is 231 g/mol. The van der Waals surface area contributed by atoms with E-state index in [1.54, 1.807) is 6.07 Å². The summed E-state index contributed by atoms with van der Waals surface area (Å²) in [5.74, 6) is 0. The third-order valence-corrected chi connectivity index (χ3v) is 3.31. The molecule has 1 aromatic carbocycles. The molecule has 80 valence electrons. The molecule has 4 heteroatoms. The molecule has 2 rings (SSSR count). The van der Waals surface area contributed by atoms with Crippen molar-refractivity contribution in [2.24, 2.45) is 12.8 Å². The molecule has 0 aliphatic heterocycles. The first-order valence-corrected chi connectivity index (χ1v) is 5.44. The maximum absolute atomic E-state index is 6.16. The number of aromatic nitrogens is 1. The van der Waals surface area contributed by atoms with Gasteiger partial charge in [0.15, 0.2) is 0 Å². The van der Waals surface area contributed by atoms with Crippen LogP contribution in [0.15, 0.2) is 12.1 Å². The van der Waals surface area contributed by atoms with Gasteiger partial charge in [0.2, 0.25) is 0 Å². The van der Waals surface area contributed by atoms with Gasteiger partial charge in [-0.2, -0.15) is 0 Å². The van der Waals surface area contributed by atoms with Crippen LogP contribution in [0, 0.1) is 6.92 Å². The zero-order valence-corrected chi connectivity index (χ0v) is 10.2. The Morgan fingerprint density at radius 2 is 2.00 bits per heavy atom. The average Bonchev–Trinajstić information content (AvgIpc) is 2.39. The second-order valence-electron chi connectivity index (χ2n) is 3.62. The molecule has 0 fully saturated rings. The third-order valence-electron chi connectivity index (χ3n) is 2.80. The summed E-state index contributed by atoms with van der Waals surface area (Å²) in [4.78, 5) is 0. The van der Waals surface area contributed by atoms with E-state index in [-0.39, 0.29) is 0 Å². The van der Waals surface area contributed by atoms with Crippen molar-refractivity contribution in [1.29, 1.82) is 0 Å². The highest BCUT2D eigenvalue weighted by Crippen LogP contribution is 2.32. The zero-order chi connectivity index (χ0) is 11.2. The SMILES string of the molecule is Cc1c(CN)n(C)c2c(Cl)cc(Cl)cc12. The number of hydrogen-bond acceptors (Lipinski definition) is 1. The summed E-state index contributed by atoms with van der Waals surface area (Å²) in [6.45, 7) is 2.54. The Hall–Kier alpha value is -0.700. The Labute approximate surface area is 98.6 Å². The summed E-state index contributed by atoms with van der Waals surface area (Å²) in [5.41, 5.74) is 8.95. The maximum Gasteiger partial charge on any atom is 0.0673 e. The monoisotopic (exact) mass is 242 g/mol. The number of halogens is 2. The van der Waals surface area contributed by atoms with E-state index in [9.17, 15) is 0 Å². The van der Waals surface area contributed by atoms with Gasteiger partial charge in [-0.15, -0.1) is 0 Å². The molecule has 2 N–H and O–H groups in total. The molecule has 15 heavy (non-hydrogen) atoms. The van der Waals surface area contributed by atoms with Gasteiger partial charge in [-0.25, -0.2) is 0 Å². The van der Waals surface area contributed by atoms with Crippen LogP contribution in [0.3, 0.4) is 0 Å². The number of fused-ring (bicyclic) bond motifs is 1. The van der Waals surface area contributed by atoms with Crippen LogP contribution in [0.4, 0.5) is 0 Å². The topological polar surface area (TPSA) is 30.9 Å². The number of hydrogen-bond donors (Lipinski definition) is 1. The Bertz CT molecular complexity index is 529. The van der Waals surface area contributed by atoms with E-state index in [1.807, 2.05) is 24.6 Å². The van der Waals surface area contributed by atoms with Gasteiger partial charge in [0.25, 0.3) is 0 Å². The van der Waals surface area contributed by atoms with E-state index in [0.717, 1.165) is 22.2 Å². The zero-order valence-electron chi connectivity index (χ0n) is 8.64. The fraction of sp³-hybridized carbons (Fsp3) is 0.273. The van der Waals surface area contributed by atoms with Crippen molar-refractivity contribution in [2.75, 3.05) is 0 Å². The smallest absolute Gasteiger partial charge is 0.0673 e. The van der Waals surface area contributed by atoms with Crippen molar-refractivity contribution >= 4 is 34.1 Å². The van der Waals surface area contributed by atoms with Crippen LogP contribution in [0.2, 0.25) is 10.0 Å². The standard InChI is InChI=1S/C11H12Cl2N2/c1-6-8-3-7(12)4-9(13)11(8)15(2)10(6)5-14/h3-4H,5,14H2,1-2H3. The predicted octanol–water partition coefficient (Wildman–Crippen LogP) is 3.25. The van der Waals surface area contributed by atoms with Crippen LogP contribution < -0.4 is 5.73 Å². The van der Waals surface area contributed by atoms with E-state index < -0.39 is 0 Å². The van der Waals surface area contributed by atoms with E-state index in [4.69, 9.17) is 28.9 Å². The molecule has 0 radical (unpaired) electrons. The molecule has 0 bridgehead atoms. The van der Waals surface area contributed by atoms with Gasteiger partial charge in [0.05, 0.1) is 10.5 Å². The molecule has 1 heterocycles. The van der Waals surface area contributed by atoms with E-state index in [0.29, 0.717) is 16.6 Å². The maximum atomic E-state index is 6.16. The van der Waals surface area contributed by atoms with Crippen LogP contribution in [0.5, 0.6) is 0 Å². The predicted molar refractivity (Wildman–Crippen MR) is 65.6 cm³/mol. The number of aryl methyl sites for hydroxylation is 2. The van der Waals surface area contributed by atoms with Crippen LogP contribution in [0.1, 0.15) is 11.3 Å². The second kappa shape index (κ2) is 3.71. The molecule has 0 unspecified atom stereocenters. The number of rotatable bonds is 1. The summed E-state index contributed by atoms with van der Waals surface area (Å²) in [7, 11) is 1.97. The molecule has 2 nitrogen and oxygen atoms in total. The molecule has 0 amide bonds. The molecule has 0 saturated heterocycles. The summed E-state index contributed by atoms with van der Waals surface area (Å²) in [5, 5.41) is 2.41. The summed E-state index contributed by atoms with van der Waals surface area (Å²) in [6, 6.07) is 3.68. The highest BCUT2D eigenvalue weighted by atomic mass is 35.5. The number of nitrogens with zero attached hydrogens (tertiary/aromatic N) is 1. The first kappa shape index (κ1) is 10.8. The van der Waals surface area contributed by atoms with Crippen LogP contribution in [-0.2, 0) is 13.6 Å². The number of nitrogens with two attached hydrogens (primary N) is 1. The second-order valence-corrected chi connectivity index (χ2v) is 4.46. The van der Waals surface area contributed by atoms with Crippen molar-refractivity contribution in [1.82, 2.24) is 4.57 Å². The molecule has 2 aromatic rings. The van der Waals surface area contributed by atoms with Crippen molar-refractivity contribution in [3.63, 3.8) is 0 Å². The lowest BCUT2D eigenvalue weighted by atomic mass is 10.1. The molecule has 1 aromatic heterocycles. The summed E-state index contributed by atoms with van der Waals surface area (Å²) < 4.78 is 2.03. The highest BCUT2D eigenvalue weighted by Gasteiger charge is 2.13. The lowest BCUT2D eigenvalue weighted by Gasteiger charge is -2.02. The molecular formula is C11H12Cl2N2. The van der Waals surface area contributed by atoms with Crippen LogP contribution >= 0.6 is 23.2 Å². The molecule has 0 atom stereocenters. The third kappa shape index (κ3) is 1.53. The first-order chi connectivity index (χ1) is 7.06. The fourth-order valence-corrected chi connectivity index (χ4v) is 2.64. The minimum Gasteiger partial charge on any atom is -0.345 e. The average molecular weight is 243 g/mol. The Kier molecular flexibility index (Phi) is 2.67. The van der Waals surface area contributed by atoms with Crippen molar-refractivity contribution in [3.8, 4) is 0 Å². The van der Waals surface area contributed by atoms with Gasteiger partial charge in [0.1, 0.15) is 0 Å². The van der Waals surface area contributed by atoms with Crippen LogP contribution in [0.25, 0.3) is 10.9 Å². The molecule has 0 aliphatic carbocycles. The summed E-state index contributed by atoms with van der Waals surface area (Å²) in [6.07, 6.45) is 0. The molecule has 0 saturated carbocycles. The largest absolute Gasteiger partial charge is 0.345 e. The first-order valence-electron chi connectivity index (χ1n) is 4.69. The number of benzene rings is 1. The van der Waals surface area contributed by atoms with Gasteiger partial charge in [-0.3, -0.25) is 0 Å². The summed E-state index contributed by atoms with van der Waals surface area (Å²) >= 11 is 12.1. The van der Waals surface area contributed by atoms with Gasteiger partial charge < -0.3 is 10.3 Å². The van der Waals surface area contributed by atoms with Crippen LogP contribution in [-0.4, -0.2) is 4.57 Å². The quantitative estimate of drug-likeness (QED) is 0.818. The Morgan fingerprint density at radius 1 is 1.33 bits per heavy atom. The van der Waals surface area contributed by atoms with Gasteiger partial charge in [0, 0.05) is 29.7 Å². The normalized spacial score (nSPS) is 11.3. The lowest BCUT2D eigenvalue weighted by Crippen LogP contribution is -2.04. The van der Waals surface area contributed by atoms with E-state index in [1.165, 1.54) is 0 Å². The highest BCUT2D eigenvalue weighted by molar-refractivity contribution is 6.38. The van der Waals surface area contributed by atoms with Gasteiger partial charge in [-0.05, 0) is 24.6 Å². The fourth-order valence-electron chi connectivity index (χ4n) is 2.02. The lowest BCUT2D eigenvalue weighted by molar-refractivity contribution is 0.841. The molecule has 0 spiro atoms. The van der Waals surface area contributed by atoms with E-state index in [2.05, 4.69) is 0 Å². The molecule has 0 aliphatic rings.